The summed E-state index contributed by atoms with van der Waals surface area (Å²) < 4.78 is 15.8. The number of nitrogens with zero attached hydrogens (tertiary/aromatic N) is 4. The van der Waals surface area contributed by atoms with Crippen LogP contribution in [0.1, 0.15) is 17.6 Å². The molecule has 2 aromatic heterocycles. The van der Waals surface area contributed by atoms with Crippen LogP contribution in [0.2, 0.25) is 0 Å². The first-order chi connectivity index (χ1) is 13.2. The lowest BCUT2D eigenvalue weighted by molar-refractivity contribution is -0.115. The summed E-state index contributed by atoms with van der Waals surface area (Å²) in [5, 5.41) is 14.9. The molecule has 0 radical (unpaired) electrons. The normalized spacial score (nSPS) is 10.7. The van der Waals surface area contributed by atoms with Crippen LogP contribution >= 0.6 is 23.5 Å². The second-order valence-corrected chi connectivity index (χ2v) is 7.01. The second-order valence-electron chi connectivity index (χ2n) is 5.21. The molecule has 11 heteroatoms. The Bertz CT molecular complexity index is 898. The van der Waals surface area contributed by atoms with Crippen molar-refractivity contribution in [3.8, 4) is 5.75 Å². The molecule has 1 aromatic carbocycles. The highest BCUT2D eigenvalue weighted by molar-refractivity contribution is 7.98. The number of carbonyl (C=O) groups excluding carboxylic acids is 1. The number of rotatable bonds is 9. The van der Waals surface area contributed by atoms with E-state index in [-0.39, 0.29) is 12.3 Å². The lowest BCUT2D eigenvalue weighted by Gasteiger charge is -2.08. The molecule has 0 fully saturated rings. The minimum absolute atomic E-state index is 0.00928. The summed E-state index contributed by atoms with van der Waals surface area (Å²) in [6.07, 6.45) is 1.95. The van der Waals surface area contributed by atoms with Crippen molar-refractivity contribution in [3.05, 3.63) is 41.9 Å². The molecule has 0 aliphatic carbocycles. The van der Waals surface area contributed by atoms with Gasteiger partial charge in [-0.1, -0.05) is 29.1 Å². The molecular weight excluding hydrogens is 390 g/mol. The smallest absolute Gasteiger partial charge is 0.277 e. The first-order valence-electron chi connectivity index (χ1n) is 7.86. The number of aromatic nitrogens is 4. The van der Waals surface area contributed by atoms with Crippen molar-refractivity contribution in [2.45, 2.75) is 23.1 Å². The van der Waals surface area contributed by atoms with Gasteiger partial charge in [0.05, 0.1) is 30.7 Å². The van der Waals surface area contributed by atoms with Gasteiger partial charge in [-0.15, -0.1) is 10.2 Å². The molecular formula is C16H17N5O4S2. The Morgan fingerprint density at radius 3 is 2.89 bits per heavy atom. The van der Waals surface area contributed by atoms with E-state index < -0.39 is 0 Å². The molecule has 9 nitrogen and oxygen atoms in total. The zero-order valence-corrected chi connectivity index (χ0v) is 16.3. The van der Waals surface area contributed by atoms with E-state index in [1.807, 2.05) is 18.4 Å². The van der Waals surface area contributed by atoms with E-state index >= 15 is 0 Å². The topological polar surface area (TPSA) is 116 Å². The van der Waals surface area contributed by atoms with Crippen molar-refractivity contribution in [3.63, 3.8) is 0 Å². The molecule has 1 N–H and O–H groups in total. The Morgan fingerprint density at radius 1 is 1.22 bits per heavy atom. The minimum Gasteiger partial charge on any atom is -0.495 e. The largest absolute Gasteiger partial charge is 0.495 e. The van der Waals surface area contributed by atoms with E-state index in [4.69, 9.17) is 13.7 Å². The van der Waals surface area contributed by atoms with Gasteiger partial charge in [0, 0.05) is 0 Å². The minimum atomic E-state index is -0.266. The molecule has 0 aliphatic rings. The molecule has 0 unspecified atom stereocenters. The predicted octanol–water partition coefficient (Wildman–Crippen LogP) is 2.80. The third-order valence-electron chi connectivity index (χ3n) is 3.25. The van der Waals surface area contributed by atoms with Gasteiger partial charge in [0.25, 0.3) is 5.22 Å². The van der Waals surface area contributed by atoms with Gasteiger partial charge in [-0.25, -0.2) is 0 Å². The number of ether oxygens (including phenoxy) is 1. The zero-order valence-electron chi connectivity index (χ0n) is 14.7. The molecule has 142 valence electrons. The van der Waals surface area contributed by atoms with Crippen LogP contribution in [0, 0.1) is 0 Å². The summed E-state index contributed by atoms with van der Waals surface area (Å²) in [5.41, 5.74) is 0.585. The fourth-order valence-electron chi connectivity index (χ4n) is 2.11. The van der Waals surface area contributed by atoms with E-state index in [9.17, 15) is 4.79 Å². The Balaban J connectivity index is 1.51. The number of hydrogen-bond donors (Lipinski definition) is 1. The summed E-state index contributed by atoms with van der Waals surface area (Å²) in [5.74, 6) is 2.61. The molecule has 0 spiro atoms. The molecule has 1 amide bonds. The lowest BCUT2D eigenvalue weighted by Crippen LogP contribution is -2.15. The van der Waals surface area contributed by atoms with E-state index in [1.165, 1.54) is 11.8 Å². The van der Waals surface area contributed by atoms with Crippen molar-refractivity contribution in [1.82, 2.24) is 20.3 Å². The molecule has 0 atom stereocenters. The maximum absolute atomic E-state index is 12.2. The van der Waals surface area contributed by atoms with Crippen molar-refractivity contribution >= 4 is 35.1 Å². The van der Waals surface area contributed by atoms with Crippen molar-refractivity contribution in [2.24, 2.45) is 0 Å². The van der Waals surface area contributed by atoms with Gasteiger partial charge in [0.2, 0.25) is 17.7 Å². The summed E-state index contributed by atoms with van der Waals surface area (Å²) in [6.45, 7) is 0. The van der Waals surface area contributed by atoms with Gasteiger partial charge in [0.15, 0.2) is 5.82 Å². The Hall–Kier alpha value is -2.53. The summed E-state index contributed by atoms with van der Waals surface area (Å²) >= 11 is 2.90. The van der Waals surface area contributed by atoms with Crippen LogP contribution in [-0.2, 0) is 22.7 Å². The van der Waals surface area contributed by atoms with Gasteiger partial charge >= 0.3 is 0 Å². The van der Waals surface area contributed by atoms with Crippen molar-refractivity contribution < 1.29 is 18.5 Å². The van der Waals surface area contributed by atoms with Crippen molar-refractivity contribution in [2.75, 3.05) is 18.7 Å². The quantitative estimate of drug-likeness (QED) is 0.531. The number of amides is 1. The number of hydrogen-bond acceptors (Lipinski definition) is 10. The Morgan fingerprint density at radius 2 is 2.07 bits per heavy atom. The SMILES string of the molecule is COc1ccccc1NC(=O)Cc1noc(CSc2nnc(CSC)o2)n1. The number of nitrogens with one attached hydrogen (secondary N) is 1. The fraction of sp³-hybridized carbons (Fsp3) is 0.312. The van der Waals surface area contributed by atoms with Gasteiger partial charge < -0.3 is 19.0 Å². The Labute approximate surface area is 163 Å². The van der Waals surface area contributed by atoms with E-state index in [2.05, 4.69) is 25.7 Å². The monoisotopic (exact) mass is 407 g/mol. The van der Waals surface area contributed by atoms with E-state index in [0.717, 1.165) is 0 Å². The number of benzene rings is 1. The third-order valence-corrected chi connectivity index (χ3v) is 4.58. The number of thioether (sulfide) groups is 2. The number of methoxy groups -OCH3 is 1. The standard InChI is InChI=1S/C16H17N5O4S2/c1-23-11-6-4-3-5-10(11)17-13(22)7-12-18-14(25-21-12)9-27-16-20-19-15(24-16)8-26-2/h3-6H,7-9H2,1-2H3,(H,17,22). The van der Waals surface area contributed by atoms with Crippen LogP contribution in [0.5, 0.6) is 5.75 Å². The van der Waals surface area contributed by atoms with Crippen LogP contribution in [0.25, 0.3) is 0 Å². The van der Waals surface area contributed by atoms with Crippen molar-refractivity contribution in [1.29, 1.82) is 0 Å². The number of anilines is 1. The number of para-hydroxylation sites is 2. The highest BCUT2D eigenvalue weighted by Gasteiger charge is 2.14. The van der Waals surface area contributed by atoms with Gasteiger partial charge in [0.1, 0.15) is 5.75 Å². The average molecular weight is 407 g/mol. The molecule has 0 saturated carbocycles. The molecule has 0 aliphatic heterocycles. The van der Waals surface area contributed by atoms with E-state index in [0.29, 0.717) is 45.8 Å². The first kappa shape index (κ1) is 19.2. The van der Waals surface area contributed by atoms with Gasteiger partial charge in [-0.2, -0.15) is 16.7 Å². The predicted molar refractivity (Wildman–Crippen MR) is 101 cm³/mol. The van der Waals surface area contributed by atoms with Crippen LogP contribution in [0.4, 0.5) is 5.69 Å². The van der Waals surface area contributed by atoms with Crippen LogP contribution in [0.3, 0.4) is 0 Å². The van der Waals surface area contributed by atoms with Crippen LogP contribution in [0.15, 0.2) is 38.4 Å². The maximum Gasteiger partial charge on any atom is 0.277 e. The summed E-state index contributed by atoms with van der Waals surface area (Å²) in [7, 11) is 1.54. The van der Waals surface area contributed by atoms with Gasteiger partial charge in [-0.3, -0.25) is 4.79 Å². The Kier molecular flexibility index (Phi) is 6.71. The third kappa shape index (κ3) is 5.47. The molecule has 2 heterocycles. The molecule has 27 heavy (non-hydrogen) atoms. The first-order valence-corrected chi connectivity index (χ1v) is 10.2. The van der Waals surface area contributed by atoms with E-state index in [1.54, 1.807) is 31.0 Å². The zero-order chi connectivity index (χ0) is 19.1. The van der Waals surface area contributed by atoms with Crippen LogP contribution < -0.4 is 10.1 Å². The maximum atomic E-state index is 12.2. The summed E-state index contributed by atoms with van der Waals surface area (Å²) in [4.78, 5) is 16.4. The highest BCUT2D eigenvalue weighted by atomic mass is 32.2. The summed E-state index contributed by atoms with van der Waals surface area (Å²) in [6, 6.07) is 7.15. The van der Waals surface area contributed by atoms with Crippen LogP contribution in [-0.4, -0.2) is 39.6 Å². The molecule has 0 bridgehead atoms. The molecule has 3 rings (SSSR count). The number of carbonyl (C=O) groups is 1. The lowest BCUT2D eigenvalue weighted by atomic mass is 10.2. The average Bonchev–Trinajstić information content (AvgIpc) is 3.30. The fourth-order valence-corrected chi connectivity index (χ4v) is 3.09. The highest BCUT2D eigenvalue weighted by Crippen LogP contribution is 2.24. The molecule has 0 saturated heterocycles. The molecule has 3 aromatic rings. The van der Waals surface area contributed by atoms with Gasteiger partial charge in [-0.05, 0) is 18.4 Å². The second kappa shape index (κ2) is 9.42.